The number of nitrogens with one attached hydrogen (secondary N) is 2. The monoisotopic (exact) mass is 393 g/mol. The number of benzene rings is 2. The molecule has 0 bridgehead atoms. The Morgan fingerprint density at radius 1 is 0.897 bits per heavy atom. The van der Waals surface area contributed by atoms with Gasteiger partial charge in [-0.2, -0.15) is 0 Å². The van der Waals surface area contributed by atoms with Crippen LogP contribution in [0.3, 0.4) is 0 Å². The van der Waals surface area contributed by atoms with E-state index < -0.39 is 0 Å². The van der Waals surface area contributed by atoms with Gasteiger partial charge in [0.1, 0.15) is 0 Å². The Hall–Kier alpha value is -2.66. The Bertz CT molecular complexity index is 879. The molecule has 1 aliphatic rings. The van der Waals surface area contributed by atoms with Crippen LogP contribution in [-0.4, -0.2) is 36.3 Å². The van der Waals surface area contributed by atoms with Crippen molar-refractivity contribution in [2.45, 2.75) is 40.5 Å². The summed E-state index contributed by atoms with van der Waals surface area (Å²) >= 11 is 0. The van der Waals surface area contributed by atoms with E-state index in [0.717, 1.165) is 48.4 Å². The van der Waals surface area contributed by atoms with Crippen LogP contribution in [0.25, 0.3) is 0 Å². The highest BCUT2D eigenvalue weighted by Crippen LogP contribution is 2.23. The number of likely N-dealkylation sites (tertiary alicyclic amines) is 1. The lowest BCUT2D eigenvalue weighted by Crippen LogP contribution is -2.41. The molecule has 5 heteroatoms. The number of hydrogen-bond acceptors (Lipinski definition) is 3. The van der Waals surface area contributed by atoms with Crippen molar-refractivity contribution in [3.05, 3.63) is 58.7 Å². The number of piperidine rings is 1. The molecule has 0 radical (unpaired) electrons. The molecule has 0 unspecified atom stereocenters. The maximum atomic E-state index is 12.7. The minimum Gasteiger partial charge on any atom is -0.325 e. The van der Waals surface area contributed by atoms with Crippen molar-refractivity contribution < 1.29 is 9.59 Å². The predicted octanol–water partition coefficient (Wildman–Crippen LogP) is 4.21. The highest BCUT2D eigenvalue weighted by atomic mass is 16.2. The number of para-hydroxylation sites is 1. The van der Waals surface area contributed by atoms with Crippen molar-refractivity contribution in [2.24, 2.45) is 5.92 Å². The van der Waals surface area contributed by atoms with E-state index in [9.17, 15) is 9.59 Å². The van der Waals surface area contributed by atoms with Gasteiger partial charge in [0, 0.05) is 17.3 Å². The fourth-order valence-corrected chi connectivity index (χ4v) is 3.81. The number of nitrogens with zero attached hydrogens (tertiary/aromatic N) is 1. The minimum absolute atomic E-state index is 0.00642. The van der Waals surface area contributed by atoms with Crippen LogP contribution in [0.5, 0.6) is 0 Å². The number of aryl methyl sites for hydroxylation is 4. The number of amides is 2. The standard InChI is InChI=1S/C24H31N3O2/c1-16-8-9-21(14-19(16)4)25-22(28)15-27-12-10-20(11-13-27)24(29)26-23-17(2)6-5-7-18(23)3/h5-9,14,20H,10-13,15H2,1-4H3,(H,25,28)(H,26,29). The summed E-state index contributed by atoms with van der Waals surface area (Å²) in [6, 6.07) is 12.0. The van der Waals surface area contributed by atoms with E-state index in [1.165, 1.54) is 11.1 Å². The van der Waals surface area contributed by atoms with Gasteiger partial charge in [-0.05, 0) is 88.0 Å². The van der Waals surface area contributed by atoms with Crippen molar-refractivity contribution in [3.8, 4) is 0 Å². The second-order valence-corrected chi connectivity index (χ2v) is 8.15. The average molecular weight is 394 g/mol. The predicted molar refractivity (Wildman–Crippen MR) is 118 cm³/mol. The van der Waals surface area contributed by atoms with Crippen LogP contribution in [0.2, 0.25) is 0 Å². The number of hydrogen-bond donors (Lipinski definition) is 2. The molecule has 5 nitrogen and oxygen atoms in total. The molecular weight excluding hydrogens is 362 g/mol. The lowest BCUT2D eigenvalue weighted by Gasteiger charge is -2.31. The molecule has 0 spiro atoms. The highest BCUT2D eigenvalue weighted by Gasteiger charge is 2.26. The van der Waals surface area contributed by atoms with Crippen LogP contribution in [-0.2, 0) is 9.59 Å². The molecule has 1 fully saturated rings. The molecule has 2 N–H and O–H groups in total. The van der Waals surface area contributed by atoms with Gasteiger partial charge in [0.05, 0.1) is 6.54 Å². The third-order valence-electron chi connectivity index (χ3n) is 5.85. The molecule has 0 aliphatic carbocycles. The fourth-order valence-electron chi connectivity index (χ4n) is 3.81. The Morgan fingerprint density at radius 2 is 1.55 bits per heavy atom. The van der Waals surface area contributed by atoms with Crippen molar-refractivity contribution >= 4 is 23.2 Å². The van der Waals surface area contributed by atoms with Crippen molar-refractivity contribution in [1.29, 1.82) is 0 Å². The molecular formula is C24H31N3O2. The van der Waals surface area contributed by atoms with Crippen LogP contribution in [0.15, 0.2) is 36.4 Å². The lowest BCUT2D eigenvalue weighted by molar-refractivity contribution is -0.121. The smallest absolute Gasteiger partial charge is 0.238 e. The van der Waals surface area contributed by atoms with Gasteiger partial charge in [-0.25, -0.2) is 0 Å². The van der Waals surface area contributed by atoms with E-state index >= 15 is 0 Å². The number of rotatable bonds is 5. The summed E-state index contributed by atoms with van der Waals surface area (Å²) in [5.74, 6) is 0.0707. The van der Waals surface area contributed by atoms with Crippen LogP contribution < -0.4 is 10.6 Å². The highest BCUT2D eigenvalue weighted by molar-refractivity contribution is 5.94. The average Bonchev–Trinajstić information content (AvgIpc) is 2.68. The first-order valence-corrected chi connectivity index (χ1v) is 10.3. The second-order valence-electron chi connectivity index (χ2n) is 8.15. The van der Waals surface area contributed by atoms with Crippen molar-refractivity contribution in [3.63, 3.8) is 0 Å². The van der Waals surface area contributed by atoms with Gasteiger partial charge < -0.3 is 10.6 Å². The Morgan fingerprint density at radius 3 is 2.17 bits per heavy atom. The first-order valence-electron chi connectivity index (χ1n) is 10.3. The first kappa shape index (κ1) is 21.1. The molecule has 0 saturated carbocycles. The molecule has 2 amide bonds. The zero-order valence-corrected chi connectivity index (χ0v) is 17.8. The molecule has 2 aromatic carbocycles. The van der Waals surface area contributed by atoms with Gasteiger partial charge in [0.15, 0.2) is 0 Å². The molecule has 154 valence electrons. The van der Waals surface area contributed by atoms with E-state index in [1.54, 1.807) is 0 Å². The van der Waals surface area contributed by atoms with Crippen LogP contribution in [0, 0.1) is 33.6 Å². The first-order chi connectivity index (χ1) is 13.8. The molecule has 1 aliphatic heterocycles. The van der Waals surface area contributed by atoms with Gasteiger partial charge >= 0.3 is 0 Å². The number of carbonyl (C=O) groups excluding carboxylic acids is 2. The maximum Gasteiger partial charge on any atom is 0.238 e. The zero-order chi connectivity index (χ0) is 21.0. The topological polar surface area (TPSA) is 61.4 Å². The molecule has 0 atom stereocenters. The van der Waals surface area contributed by atoms with Gasteiger partial charge in [-0.1, -0.05) is 24.3 Å². The summed E-state index contributed by atoms with van der Waals surface area (Å²) in [6.07, 6.45) is 1.54. The van der Waals surface area contributed by atoms with Gasteiger partial charge in [-0.15, -0.1) is 0 Å². The van der Waals surface area contributed by atoms with E-state index in [0.29, 0.717) is 6.54 Å². The molecule has 2 aromatic rings. The van der Waals surface area contributed by atoms with E-state index in [4.69, 9.17) is 0 Å². The number of anilines is 2. The summed E-state index contributed by atoms with van der Waals surface area (Å²) in [6.45, 7) is 9.99. The van der Waals surface area contributed by atoms with Crippen molar-refractivity contribution in [1.82, 2.24) is 4.90 Å². The SMILES string of the molecule is Cc1ccc(NC(=O)CN2CCC(C(=O)Nc3c(C)cccc3C)CC2)cc1C. The largest absolute Gasteiger partial charge is 0.325 e. The summed E-state index contributed by atoms with van der Waals surface area (Å²) in [4.78, 5) is 27.2. The third kappa shape index (κ3) is 5.45. The lowest BCUT2D eigenvalue weighted by atomic mass is 9.95. The number of carbonyl (C=O) groups is 2. The molecule has 1 heterocycles. The van der Waals surface area contributed by atoms with E-state index in [-0.39, 0.29) is 17.7 Å². The van der Waals surface area contributed by atoms with Crippen LogP contribution in [0.1, 0.15) is 35.1 Å². The van der Waals surface area contributed by atoms with Crippen LogP contribution >= 0.6 is 0 Å². The molecule has 3 rings (SSSR count). The normalized spacial score (nSPS) is 15.2. The Labute approximate surface area is 173 Å². The summed E-state index contributed by atoms with van der Waals surface area (Å²) in [7, 11) is 0. The molecule has 29 heavy (non-hydrogen) atoms. The summed E-state index contributed by atoms with van der Waals surface area (Å²) in [5.41, 5.74) is 6.30. The zero-order valence-electron chi connectivity index (χ0n) is 17.8. The summed E-state index contributed by atoms with van der Waals surface area (Å²) in [5, 5.41) is 6.09. The van der Waals surface area contributed by atoms with E-state index in [2.05, 4.69) is 22.5 Å². The Kier molecular flexibility index (Phi) is 6.70. The van der Waals surface area contributed by atoms with Gasteiger partial charge in [0.25, 0.3) is 0 Å². The van der Waals surface area contributed by atoms with Crippen LogP contribution in [0.4, 0.5) is 11.4 Å². The second kappa shape index (κ2) is 9.23. The van der Waals surface area contributed by atoms with E-state index in [1.807, 2.05) is 57.2 Å². The Balaban J connectivity index is 1.48. The minimum atomic E-state index is -0.00769. The van der Waals surface area contributed by atoms with Gasteiger partial charge in [-0.3, -0.25) is 14.5 Å². The van der Waals surface area contributed by atoms with Gasteiger partial charge in [0.2, 0.25) is 11.8 Å². The molecule has 0 aromatic heterocycles. The fraction of sp³-hybridized carbons (Fsp3) is 0.417. The maximum absolute atomic E-state index is 12.7. The summed E-state index contributed by atoms with van der Waals surface area (Å²) < 4.78 is 0. The molecule has 1 saturated heterocycles. The third-order valence-corrected chi connectivity index (χ3v) is 5.85. The quantitative estimate of drug-likeness (QED) is 0.800. The van der Waals surface area contributed by atoms with Crippen molar-refractivity contribution in [2.75, 3.05) is 30.3 Å².